The fourth-order valence-corrected chi connectivity index (χ4v) is 3.27. The molecule has 1 aliphatic carbocycles. The highest BCUT2D eigenvalue weighted by molar-refractivity contribution is 5.76. The molecule has 1 fully saturated rings. The summed E-state index contributed by atoms with van der Waals surface area (Å²) in [6.45, 7) is 13.4. The first-order valence-corrected chi connectivity index (χ1v) is 7.32. The molecule has 0 N–H and O–H groups in total. The Kier molecular flexibility index (Phi) is 4.99. The molecule has 0 bridgehead atoms. The van der Waals surface area contributed by atoms with E-state index in [-0.39, 0.29) is 18.0 Å². The van der Waals surface area contributed by atoms with E-state index in [0.29, 0.717) is 17.3 Å². The SMILES string of the molecule is CCC(C)(C)C1CC(C)CC(C)(OCC(C)=O)C1. The lowest BCUT2D eigenvalue weighted by atomic mass is 9.63. The molecule has 0 radical (unpaired) electrons. The molecule has 2 nitrogen and oxygen atoms in total. The number of ketones is 1. The van der Waals surface area contributed by atoms with Crippen LogP contribution in [-0.2, 0) is 9.53 Å². The van der Waals surface area contributed by atoms with E-state index in [4.69, 9.17) is 4.74 Å². The molecule has 1 saturated carbocycles. The summed E-state index contributed by atoms with van der Waals surface area (Å²) >= 11 is 0. The van der Waals surface area contributed by atoms with Gasteiger partial charge in [0.2, 0.25) is 0 Å². The second-order valence-corrected chi connectivity index (χ2v) is 7.23. The lowest BCUT2D eigenvalue weighted by Gasteiger charge is -2.46. The molecule has 1 aliphatic rings. The highest BCUT2D eigenvalue weighted by atomic mass is 16.5. The second-order valence-electron chi connectivity index (χ2n) is 7.23. The quantitative estimate of drug-likeness (QED) is 0.734. The number of hydrogen-bond donors (Lipinski definition) is 0. The maximum Gasteiger partial charge on any atom is 0.155 e. The van der Waals surface area contributed by atoms with Gasteiger partial charge in [0.05, 0.1) is 5.60 Å². The van der Waals surface area contributed by atoms with Crippen LogP contribution in [0.4, 0.5) is 0 Å². The van der Waals surface area contributed by atoms with Crippen LogP contribution in [0.1, 0.15) is 67.2 Å². The molecule has 0 aromatic heterocycles. The summed E-state index contributed by atoms with van der Waals surface area (Å²) in [5.41, 5.74) is 0.260. The van der Waals surface area contributed by atoms with E-state index in [0.717, 1.165) is 12.8 Å². The van der Waals surface area contributed by atoms with Gasteiger partial charge in [-0.1, -0.05) is 34.1 Å². The minimum Gasteiger partial charge on any atom is -0.368 e. The van der Waals surface area contributed by atoms with Gasteiger partial charge < -0.3 is 4.74 Å². The van der Waals surface area contributed by atoms with Crippen LogP contribution >= 0.6 is 0 Å². The zero-order valence-electron chi connectivity index (χ0n) is 13.0. The summed E-state index contributed by atoms with van der Waals surface area (Å²) in [4.78, 5) is 11.1. The van der Waals surface area contributed by atoms with E-state index in [1.165, 1.54) is 12.8 Å². The highest BCUT2D eigenvalue weighted by Crippen LogP contribution is 2.47. The molecule has 3 atom stereocenters. The van der Waals surface area contributed by atoms with Crippen molar-refractivity contribution in [3.05, 3.63) is 0 Å². The van der Waals surface area contributed by atoms with Crippen molar-refractivity contribution in [1.29, 1.82) is 0 Å². The van der Waals surface area contributed by atoms with E-state index in [1.807, 2.05) is 0 Å². The van der Waals surface area contributed by atoms with E-state index in [2.05, 4.69) is 34.6 Å². The first kappa shape index (κ1) is 15.7. The Hall–Kier alpha value is -0.370. The predicted molar refractivity (Wildman–Crippen MR) is 75.6 cm³/mol. The van der Waals surface area contributed by atoms with Crippen LogP contribution in [0.15, 0.2) is 0 Å². The van der Waals surface area contributed by atoms with Crippen LogP contribution < -0.4 is 0 Å². The third kappa shape index (κ3) is 4.08. The van der Waals surface area contributed by atoms with Gasteiger partial charge in [-0.15, -0.1) is 0 Å². The van der Waals surface area contributed by atoms with E-state index < -0.39 is 0 Å². The number of rotatable bonds is 5. The van der Waals surface area contributed by atoms with Crippen LogP contribution in [0.25, 0.3) is 0 Å². The van der Waals surface area contributed by atoms with Crippen molar-refractivity contribution in [2.24, 2.45) is 17.3 Å². The minimum atomic E-state index is -0.111. The lowest BCUT2D eigenvalue weighted by Crippen LogP contribution is -2.43. The Labute approximate surface area is 112 Å². The average molecular weight is 254 g/mol. The van der Waals surface area contributed by atoms with Crippen molar-refractivity contribution >= 4 is 5.78 Å². The van der Waals surface area contributed by atoms with Crippen LogP contribution in [0, 0.1) is 17.3 Å². The van der Waals surface area contributed by atoms with Crippen molar-refractivity contribution in [3.63, 3.8) is 0 Å². The summed E-state index contributed by atoms with van der Waals surface area (Å²) in [5.74, 6) is 1.51. The van der Waals surface area contributed by atoms with Crippen LogP contribution in [0.3, 0.4) is 0 Å². The smallest absolute Gasteiger partial charge is 0.155 e. The molecule has 0 amide bonds. The summed E-state index contributed by atoms with van der Waals surface area (Å²) in [7, 11) is 0. The lowest BCUT2D eigenvalue weighted by molar-refractivity contribution is -0.136. The fraction of sp³-hybridized carbons (Fsp3) is 0.938. The number of ether oxygens (including phenoxy) is 1. The molecular weight excluding hydrogens is 224 g/mol. The van der Waals surface area contributed by atoms with Crippen LogP contribution in [0.5, 0.6) is 0 Å². The molecule has 0 saturated heterocycles. The van der Waals surface area contributed by atoms with Gasteiger partial charge >= 0.3 is 0 Å². The maximum atomic E-state index is 11.1. The number of hydrogen-bond acceptors (Lipinski definition) is 2. The van der Waals surface area contributed by atoms with Gasteiger partial charge in [0.25, 0.3) is 0 Å². The summed E-state index contributed by atoms with van der Waals surface area (Å²) < 4.78 is 5.92. The molecule has 0 spiro atoms. The van der Waals surface area contributed by atoms with Crippen molar-refractivity contribution in [3.8, 4) is 0 Å². The van der Waals surface area contributed by atoms with E-state index in [1.54, 1.807) is 6.92 Å². The molecule has 1 rings (SSSR count). The normalized spacial score (nSPS) is 33.4. The molecule has 0 aromatic carbocycles. The Morgan fingerprint density at radius 2 is 2.00 bits per heavy atom. The van der Waals surface area contributed by atoms with Gasteiger partial charge in [-0.2, -0.15) is 0 Å². The van der Waals surface area contributed by atoms with Crippen molar-refractivity contribution in [2.45, 2.75) is 72.8 Å². The molecular formula is C16H30O2. The Morgan fingerprint density at radius 1 is 1.39 bits per heavy atom. The van der Waals surface area contributed by atoms with Gasteiger partial charge in [-0.05, 0) is 50.4 Å². The maximum absolute atomic E-state index is 11.1. The zero-order valence-corrected chi connectivity index (χ0v) is 13.0. The fourth-order valence-electron chi connectivity index (χ4n) is 3.27. The molecule has 2 heteroatoms. The van der Waals surface area contributed by atoms with Crippen LogP contribution in [-0.4, -0.2) is 18.0 Å². The van der Waals surface area contributed by atoms with Crippen molar-refractivity contribution in [2.75, 3.05) is 6.61 Å². The first-order valence-electron chi connectivity index (χ1n) is 7.32. The molecule has 3 unspecified atom stereocenters. The van der Waals surface area contributed by atoms with Crippen molar-refractivity contribution < 1.29 is 9.53 Å². The largest absolute Gasteiger partial charge is 0.368 e. The molecule has 18 heavy (non-hydrogen) atoms. The average Bonchev–Trinajstić information content (AvgIpc) is 2.25. The van der Waals surface area contributed by atoms with Crippen LogP contribution in [0.2, 0.25) is 0 Å². The van der Waals surface area contributed by atoms with Gasteiger partial charge in [0.1, 0.15) is 6.61 Å². The van der Waals surface area contributed by atoms with Gasteiger partial charge in [0.15, 0.2) is 5.78 Å². The van der Waals surface area contributed by atoms with Gasteiger partial charge in [-0.25, -0.2) is 0 Å². The predicted octanol–water partition coefficient (Wildman–Crippen LogP) is 4.22. The second kappa shape index (κ2) is 5.73. The topological polar surface area (TPSA) is 26.3 Å². The Balaban J connectivity index is 2.73. The number of carbonyl (C=O) groups excluding carboxylic acids is 1. The summed E-state index contributed by atoms with van der Waals surface area (Å²) in [5, 5.41) is 0. The monoisotopic (exact) mass is 254 g/mol. The Morgan fingerprint density at radius 3 is 2.50 bits per heavy atom. The number of Topliss-reactive ketones (excluding diaryl/α,β-unsaturated/α-hetero) is 1. The van der Waals surface area contributed by atoms with Gasteiger partial charge in [-0.3, -0.25) is 4.79 Å². The third-order valence-corrected chi connectivity index (χ3v) is 4.79. The molecule has 0 aromatic rings. The van der Waals surface area contributed by atoms with Crippen molar-refractivity contribution in [1.82, 2.24) is 0 Å². The highest BCUT2D eigenvalue weighted by Gasteiger charge is 2.41. The van der Waals surface area contributed by atoms with E-state index >= 15 is 0 Å². The number of carbonyl (C=O) groups is 1. The van der Waals surface area contributed by atoms with Gasteiger partial charge in [0, 0.05) is 0 Å². The standard InChI is InChI=1S/C16H30O2/c1-7-15(4,5)14-8-12(2)9-16(6,10-14)18-11-13(3)17/h12,14H,7-11H2,1-6H3. The zero-order chi connectivity index (χ0) is 14.0. The molecule has 106 valence electrons. The minimum absolute atomic E-state index is 0.111. The third-order valence-electron chi connectivity index (χ3n) is 4.79. The summed E-state index contributed by atoms with van der Waals surface area (Å²) in [6, 6.07) is 0. The first-order chi connectivity index (χ1) is 8.18. The Bertz CT molecular complexity index is 295. The molecule has 0 heterocycles. The summed E-state index contributed by atoms with van der Waals surface area (Å²) in [6.07, 6.45) is 4.66. The van der Waals surface area contributed by atoms with E-state index in [9.17, 15) is 4.79 Å². The molecule has 0 aliphatic heterocycles.